The van der Waals surface area contributed by atoms with Gasteiger partial charge in [0.15, 0.2) is 11.4 Å². The Morgan fingerprint density at radius 1 is 0.851 bits per heavy atom. The molecule has 0 saturated heterocycles. The molecule has 4 aromatic heterocycles. The minimum absolute atomic E-state index is 0.0712. The predicted octanol–water partition coefficient (Wildman–Crippen LogP) is 6.73. The number of nitrogens with two attached hydrogens (primary N) is 1. The van der Waals surface area contributed by atoms with Crippen LogP contribution in [0.5, 0.6) is 0 Å². The summed E-state index contributed by atoms with van der Waals surface area (Å²) in [4.78, 5) is 110. The van der Waals surface area contributed by atoms with E-state index < -0.39 is 30.0 Å². The number of unbranched alkanes of at least 4 members (excludes halogenated alkanes) is 2. The van der Waals surface area contributed by atoms with Crippen molar-refractivity contribution < 1.29 is 38.3 Å². The van der Waals surface area contributed by atoms with Gasteiger partial charge >= 0.3 is 12.1 Å². The molecule has 7 rings (SSSR count). The van der Waals surface area contributed by atoms with Gasteiger partial charge in [-0.2, -0.15) is 5.10 Å². The van der Waals surface area contributed by atoms with Crippen molar-refractivity contribution in [2.24, 2.45) is 17.6 Å². The largest absolute Gasteiger partial charge is 0.445 e. The topological polar surface area (TPSA) is 269 Å². The number of primary amides is 1. The molecular formula is C54H62N12O8. The number of nitrogens with one attached hydrogen (secondary N) is 4. The van der Waals surface area contributed by atoms with Crippen molar-refractivity contribution in [3.05, 3.63) is 132 Å². The van der Waals surface area contributed by atoms with Gasteiger partial charge in [0.25, 0.3) is 11.8 Å². The number of imidazole rings is 1. The molecule has 0 bridgehead atoms. The molecule has 1 aliphatic rings. The molecule has 1 aliphatic heterocycles. The van der Waals surface area contributed by atoms with Gasteiger partial charge in [0.1, 0.15) is 18.8 Å². The molecule has 0 saturated carbocycles. The van der Waals surface area contributed by atoms with Crippen molar-refractivity contribution >= 4 is 52.9 Å². The smallest absolute Gasteiger partial charge is 0.410 e. The minimum Gasteiger partial charge on any atom is -0.445 e. The third kappa shape index (κ3) is 14.8. The van der Waals surface area contributed by atoms with Gasteiger partial charge in [-0.05, 0) is 93.0 Å². The number of anilines is 1. The summed E-state index contributed by atoms with van der Waals surface area (Å²) in [7, 11) is 0. The van der Waals surface area contributed by atoms with Crippen molar-refractivity contribution in [1.82, 2.24) is 50.0 Å². The normalized spacial score (nSPS) is 13.0. The fourth-order valence-corrected chi connectivity index (χ4v) is 8.60. The zero-order valence-corrected chi connectivity index (χ0v) is 42.0. The lowest BCUT2D eigenvalue weighted by atomic mass is 9.89. The standard InChI is InChI=1S/C54H62N12O8/c1-34(2)49(63-46(68)16-6-5-7-26-65-47(69)23-24-48(65)70)43(67)28-39(14-10-25-56-53(55)72)52(71)60-41-20-17-37(18-21-41)32-74-54(73)64(29-38-13-8-11-35(3)27-38)31-44-61-50(40-19-22-45-57-33-58-66(45)30-40)51(62-44)42-15-9-12-36(4)59-42/h8-9,11-13,15,17-24,27,30,33-34,39,49H,5-7,10,14,16,25-26,28-29,31-32H2,1-4H3,(H,60,71)(H,61,62)(H,63,68)(H3,55,56,72)/t39-,49+/m1/s1. The summed E-state index contributed by atoms with van der Waals surface area (Å²) in [6.45, 7) is 8.20. The van der Waals surface area contributed by atoms with Crippen LogP contribution in [-0.2, 0) is 48.4 Å². The Labute approximate surface area is 428 Å². The number of rotatable bonds is 25. The van der Waals surface area contributed by atoms with Gasteiger partial charge in [0.05, 0.1) is 29.7 Å². The number of amides is 7. The second-order valence-electron chi connectivity index (χ2n) is 18.7. The molecule has 0 unspecified atom stereocenters. The molecule has 0 fully saturated rings. The molecule has 2 aromatic carbocycles. The third-order valence-electron chi connectivity index (χ3n) is 12.4. The first-order valence-electron chi connectivity index (χ1n) is 24.7. The number of nitrogens with zero attached hydrogens (tertiary/aromatic N) is 7. The van der Waals surface area contributed by atoms with Crippen molar-refractivity contribution in [3.63, 3.8) is 0 Å². The summed E-state index contributed by atoms with van der Waals surface area (Å²) in [5.41, 5.74) is 12.5. The molecule has 20 heteroatoms. The number of aromatic nitrogens is 6. The Balaban J connectivity index is 0.985. The monoisotopic (exact) mass is 1010 g/mol. The summed E-state index contributed by atoms with van der Waals surface area (Å²) in [6, 6.07) is 22.6. The first-order valence-corrected chi connectivity index (χ1v) is 24.7. The van der Waals surface area contributed by atoms with E-state index in [-0.39, 0.29) is 81.5 Å². The number of aryl methyl sites for hydroxylation is 2. The van der Waals surface area contributed by atoms with Crippen LogP contribution in [0.15, 0.2) is 104 Å². The highest BCUT2D eigenvalue weighted by Crippen LogP contribution is 2.30. The SMILES string of the molecule is Cc1cccc(CN(Cc2nc(-c3ccc4ncnn4c3)c(-c3cccc(C)n3)[nH]2)C(=O)OCc2ccc(NC(=O)[C@H](CCCNC(N)=O)CC(=O)[C@@H](NC(=O)CCCCCN3C(=O)C=CC3=O)C(C)C)cc2)c1. The number of urea groups is 1. The van der Waals surface area contributed by atoms with Crippen molar-refractivity contribution in [2.75, 3.05) is 18.4 Å². The molecule has 7 amide bonds. The number of fused-ring (bicyclic) bond motifs is 1. The maximum absolute atomic E-state index is 14.1. The van der Waals surface area contributed by atoms with E-state index in [1.807, 2.05) is 88.5 Å². The summed E-state index contributed by atoms with van der Waals surface area (Å²) < 4.78 is 7.59. The van der Waals surface area contributed by atoms with Crippen LogP contribution in [0.4, 0.5) is 15.3 Å². The fraction of sp³-hybridized carbons (Fsp3) is 0.352. The highest BCUT2D eigenvalue weighted by molar-refractivity contribution is 6.12. The van der Waals surface area contributed by atoms with Gasteiger partial charge in [0, 0.05) is 73.7 Å². The van der Waals surface area contributed by atoms with Gasteiger partial charge in [-0.1, -0.05) is 68.3 Å². The van der Waals surface area contributed by atoms with Gasteiger partial charge in [-0.3, -0.25) is 38.8 Å². The molecule has 6 aromatic rings. The van der Waals surface area contributed by atoms with E-state index >= 15 is 0 Å². The van der Waals surface area contributed by atoms with E-state index in [1.54, 1.807) is 33.7 Å². The molecular weight excluding hydrogens is 945 g/mol. The molecule has 0 aliphatic carbocycles. The zero-order chi connectivity index (χ0) is 52.7. The summed E-state index contributed by atoms with van der Waals surface area (Å²) in [6.07, 6.45) is 7.40. The number of carbonyl (C=O) groups is 7. The lowest BCUT2D eigenvalue weighted by Crippen LogP contribution is -2.45. The van der Waals surface area contributed by atoms with Crippen LogP contribution in [-0.4, -0.2) is 100 Å². The van der Waals surface area contributed by atoms with E-state index in [4.69, 9.17) is 20.4 Å². The summed E-state index contributed by atoms with van der Waals surface area (Å²) >= 11 is 0. The van der Waals surface area contributed by atoms with Crippen molar-refractivity contribution in [1.29, 1.82) is 0 Å². The van der Waals surface area contributed by atoms with Gasteiger partial charge < -0.3 is 31.4 Å². The van der Waals surface area contributed by atoms with Crippen LogP contribution in [0.2, 0.25) is 0 Å². The number of hydrogen-bond acceptors (Lipinski definition) is 12. The Morgan fingerprint density at radius 2 is 1.62 bits per heavy atom. The van der Waals surface area contributed by atoms with Gasteiger partial charge in [-0.15, -0.1) is 0 Å². The number of ether oxygens (including phenoxy) is 1. The lowest BCUT2D eigenvalue weighted by Gasteiger charge is -2.24. The fourth-order valence-electron chi connectivity index (χ4n) is 8.60. The average molecular weight is 1010 g/mol. The Bertz CT molecular complexity index is 3000. The van der Waals surface area contributed by atoms with E-state index in [2.05, 4.69) is 31.0 Å². The van der Waals surface area contributed by atoms with Crippen LogP contribution >= 0.6 is 0 Å². The molecule has 0 radical (unpaired) electrons. The molecule has 386 valence electrons. The molecule has 5 heterocycles. The van der Waals surface area contributed by atoms with E-state index in [0.717, 1.165) is 27.3 Å². The number of carbonyl (C=O) groups excluding carboxylic acids is 7. The Hall–Kier alpha value is -8.55. The average Bonchev–Trinajstić information content (AvgIpc) is 4.11. The van der Waals surface area contributed by atoms with Gasteiger partial charge in [0.2, 0.25) is 11.8 Å². The lowest BCUT2D eigenvalue weighted by molar-refractivity contribution is -0.137. The number of H-pyrrole nitrogens is 1. The van der Waals surface area contributed by atoms with Crippen LogP contribution in [0.3, 0.4) is 0 Å². The second kappa shape index (κ2) is 25.2. The van der Waals surface area contributed by atoms with E-state index in [9.17, 15) is 33.6 Å². The first-order chi connectivity index (χ1) is 35.6. The van der Waals surface area contributed by atoms with Crippen molar-refractivity contribution in [2.45, 2.75) is 98.4 Å². The number of imide groups is 1. The number of ketones is 1. The molecule has 0 spiro atoms. The number of aromatic amines is 1. The third-order valence-corrected chi connectivity index (χ3v) is 12.4. The quantitative estimate of drug-likeness (QED) is 0.0295. The van der Waals surface area contributed by atoms with Crippen LogP contribution in [0.25, 0.3) is 28.3 Å². The van der Waals surface area contributed by atoms with E-state index in [1.165, 1.54) is 18.5 Å². The highest BCUT2D eigenvalue weighted by atomic mass is 16.6. The Morgan fingerprint density at radius 3 is 2.35 bits per heavy atom. The van der Waals surface area contributed by atoms with Crippen LogP contribution in [0.1, 0.15) is 87.0 Å². The maximum atomic E-state index is 14.1. The molecule has 2 atom stereocenters. The van der Waals surface area contributed by atoms with Crippen molar-refractivity contribution in [3.8, 4) is 22.6 Å². The predicted molar refractivity (Wildman–Crippen MR) is 275 cm³/mol. The highest BCUT2D eigenvalue weighted by Gasteiger charge is 2.30. The maximum Gasteiger partial charge on any atom is 0.410 e. The zero-order valence-electron chi connectivity index (χ0n) is 42.0. The van der Waals surface area contributed by atoms with E-state index in [0.29, 0.717) is 65.5 Å². The second-order valence-corrected chi connectivity index (χ2v) is 18.7. The minimum atomic E-state index is -0.853. The number of benzene rings is 2. The molecule has 20 nitrogen and oxygen atoms in total. The van der Waals surface area contributed by atoms with Crippen LogP contribution in [0, 0.1) is 25.7 Å². The first kappa shape index (κ1) is 53.3. The summed E-state index contributed by atoms with van der Waals surface area (Å²) in [5, 5.41) is 12.6. The Kier molecular flexibility index (Phi) is 18.1. The molecule has 6 N–H and O–H groups in total. The number of hydrogen-bond donors (Lipinski definition) is 5. The number of pyridine rings is 2. The summed E-state index contributed by atoms with van der Waals surface area (Å²) in [5.74, 6) is -2.34. The van der Waals surface area contributed by atoms with Crippen LogP contribution < -0.4 is 21.7 Å². The number of Topliss-reactive ketones (excluding diaryl/α,β-unsaturated/α-hetero) is 1. The molecule has 74 heavy (non-hydrogen) atoms. The van der Waals surface area contributed by atoms with Gasteiger partial charge in [-0.25, -0.2) is 24.1 Å².